The number of hydrogen-bond donors (Lipinski definition) is 1. The summed E-state index contributed by atoms with van der Waals surface area (Å²) in [6.45, 7) is 10.7. The Balaban J connectivity index is 0. The van der Waals surface area contributed by atoms with Gasteiger partial charge in [0.1, 0.15) is 6.29 Å². The highest BCUT2D eigenvalue weighted by Crippen LogP contribution is 2.14. The topological polar surface area (TPSA) is 40.5 Å². The van der Waals surface area contributed by atoms with Crippen LogP contribution in [-0.4, -0.2) is 43.0 Å². The number of benzene rings is 1. The molecule has 0 bridgehead atoms. The van der Waals surface area contributed by atoms with Crippen molar-refractivity contribution >= 4 is 6.29 Å². The van der Waals surface area contributed by atoms with Gasteiger partial charge in [-0.3, -0.25) is 0 Å². The van der Waals surface area contributed by atoms with Crippen molar-refractivity contribution < 1.29 is 9.90 Å². The lowest BCUT2D eigenvalue weighted by molar-refractivity contribution is -0.106. The van der Waals surface area contributed by atoms with Gasteiger partial charge in [0.25, 0.3) is 0 Å². The van der Waals surface area contributed by atoms with E-state index in [4.69, 9.17) is 9.90 Å². The third-order valence-electron chi connectivity index (χ3n) is 3.85. The van der Waals surface area contributed by atoms with Crippen LogP contribution in [0.3, 0.4) is 0 Å². The fourth-order valence-electron chi connectivity index (χ4n) is 1.96. The van der Waals surface area contributed by atoms with Crippen LogP contribution >= 0.6 is 0 Å². The average molecular weight is 338 g/mol. The summed E-state index contributed by atoms with van der Waals surface area (Å²) in [7, 11) is 2.13. The maximum Gasteiger partial charge on any atom is 0.116 e. The highest BCUT2D eigenvalue weighted by Gasteiger charge is 2.14. The van der Waals surface area contributed by atoms with E-state index in [1.165, 1.54) is 38.2 Å². The summed E-state index contributed by atoms with van der Waals surface area (Å²) in [4.78, 5) is 11.1. The highest BCUT2D eigenvalue weighted by atomic mass is 16.3. The van der Waals surface area contributed by atoms with Crippen LogP contribution in [0.4, 0.5) is 0 Å². The van der Waals surface area contributed by atoms with E-state index in [1.54, 1.807) is 0 Å². The predicted molar refractivity (Wildman–Crippen MR) is 105 cm³/mol. The highest BCUT2D eigenvalue weighted by molar-refractivity contribution is 5.44. The number of piperidine rings is 1. The molecule has 0 aliphatic carbocycles. The Morgan fingerprint density at radius 2 is 1.54 bits per heavy atom. The van der Waals surface area contributed by atoms with Crippen molar-refractivity contribution in [2.75, 3.05) is 26.7 Å². The van der Waals surface area contributed by atoms with Crippen molar-refractivity contribution in [3.63, 3.8) is 0 Å². The molecule has 0 aromatic heterocycles. The first-order valence-corrected chi connectivity index (χ1v) is 9.32. The van der Waals surface area contributed by atoms with Gasteiger partial charge in [-0.2, -0.15) is 0 Å². The van der Waals surface area contributed by atoms with Crippen LogP contribution in [0.2, 0.25) is 0 Å². The molecule has 1 saturated heterocycles. The Morgan fingerprint density at radius 1 is 1.08 bits per heavy atom. The van der Waals surface area contributed by atoms with Gasteiger partial charge in [-0.1, -0.05) is 63.9 Å². The van der Waals surface area contributed by atoms with E-state index in [0.717, 1.165) is 25.8 Å². The summed E-state index contributed by atoms with van der Waals surface area (Å²) in [5, 5.41) is 8.76. The van der Waals surface area contributed by atoms with Crippen LogP contribution in [0.5, 0.6) is 0 Å². The molecule has 1 aromatic carbocycles. The van der Waals surface area contributed by atoms with Gasteiger partial charge in [0, 0.05) is 6.61 Å². The Hall–Kier alpha value is -1.19. The third kappa shape index (κ3) is 17.2. The second-order valence-electron chi connectivity index (χ2n) is 6.00. The van der Waals surface area contributed by atoms with Crippen LogP contribution in [0.25, 0.3) is 0 Å². The number of aryl methyl sites for hydroxylation is 1. The third-order valence-corrected chi connectivity index (χ3v) is 3.85. The lowest BCUT2D eigenvalue weighted by atomic mass is 9.98. The van der Waals surface area contributed by atoms with E-state index in [0.29, 0.717) is 12.5 Å². The molecule has 0 saturated carbocycles. The molecule has 1 aliphatic rings. The lowest BCUT2D eigenvalue weighted by Gasteiger charge is -2.27. The number of hydrogen-bond acceptors (Lipinski definition) is 3. The smallest absolute Gasteiger partial charge is 0.116 e. The summed E-state index contributed by atoms with van der Waals surface area (Å²) >= 11 is 0. The molecule has 2 rings (SSSR count). The summed E-state index contributed by atoms with van der Waals surface area (Å²) in [5.74, 6) is 0.584. The monoisotopic (exact) mass is 337 g/mol. The van der Waals surface area contributed by atoms with Crippen molar-refractivity contribution in [2.45, 2.75) is 59.8 Å². The van der Waals surface area contributed by atoms with E-state index >= 15 is 0 Å². The first-order chi connectivity index (χ1) is 11.6. The van der Waals surface area contributed by atoms with E-state index in [2.05, 4.69) is 57.0 Å². The lowest BCUT2D eigenvalue weighted by Crippen LogP contribution is -2.31. The van der Waals surface area contributed by atoms with Gasteiger partial charge in [-0.25, -0.2) is 0 Å². The van der Waals surface area contributed by atoms with Crippen LogP contribution in [0.1, 0.15) is 58.9 Å². The second-order valence-corrected chi connectivity index (χ2v) is 6.00. The summed E-state index contributed by atoms with van der Waals surface area (Å²) in [6.07, 6.45) is 6.88. The zero-order valence-electron chi connectivity index (χ0n) is 16.5. The first kappa shape index (κ1) is 25.1. The Morgan fingerprint density at radius 3 is 1.83 bits per heavy atom. The minimum Gasteiger partial charge on any atom is -0.396 e. The molecular weight excluding hydrogens is 298 g/mol. The fourth-order valence-corrected chi connectivity index (χ4v) is 1.96. The molecule has 0 spiro atoms. The van der Waals surface area contributed by atoms with Gasteiger partial charge in [-0.05, 0) is 57.8 Å². The Kier molecular flexibility index (Phi) is 20.7. The second kappa shape index (κ2) is 19.9. The summed E-state index contributed by atoms with van der Waals surface area (Å²) in [6, 6.07) is 10.5. The summed E-state index contributed by atoms with van der Waals surface area (Å²) < 4.78 is 0. The van der Waals surface area contributed by atoms with Gasteiger partial charge in [0.2, 0.25) is 0 Å². The SMILES string of the molecule is CC=O.CCCC.CCc1ccccc1.CN1CCC(CO)CC1. The molecule has 1 heterocycles. The first-order valence-electron chi connectivity index (χ1n) is 9.32. The summed E-state index contributed by atoms with van der Waals surface area (Å²) in [5.41, 5.74) is 1.41. The van der Waals surface area contributed by atoms with Crippen LogP contribution in [-0.2, 0) is 11.2 Å². The minimum absolute atomic E-state index is 0.383. The molecule has 0 atom stereocenters. The van der Waals surface area contributed by atoms with Gasteiger partial charge >= 0.3 is 0 Å². The quantitative estimate of drug-likeness (QED) is 0.821. The molecule has 0 amide bonds. The van der Waals surface area contributed by atoms with Crippen LogP contribution < -0.4 is 0 Å². The minimum atomic E-state index is 0.383. The van der Waals surface area contributed by atoms with E-state index in [-0.39, 0.29) is 0 Å². The van der Waals surface area contributed by atoms with Crippen LogP contribution in [0, 0.1) is 5.92 Å². The molecule has 140 valence electrons. The molecule has 24 heavy (non-hydrogen) atoms. The number of carbonyl (C=O) groups excluding carboxylic acids is 1. The van der Waals surface area contributed by atoms with Crippen molar-refractivity contribution in [2.24, 2.45) is 5.92 Å². The number of aliphatic hydroxyl groups is 1. The zero-order chi connectivity index (χ0) is 18.6. The van der Waals surface area contributed by atoms with Gasteiger partial charge < -0.3 is 14.8 Å². The van der Waals surface area contributed by atoms with Gasteiger partial charge in [-0.15, -0.1) is 0 Å². The van der Waals surface area contributed by atoms with Crippen molar-refractivity contribution in [1.82, 2.24) is 4.90 Å². The number of unbranched alkanes of at least 4 members (excludes halogenated alkanes) is 1. The number of aliphatic hydroxyl groups excluding tert-OH is 1. The number of carbonyl (C=O) groups is 1. The van der Waals surface area contributed by atoms with E-state index in [1.807, 2.05) is 6.07 Å². The van der Waals surface area contributed by atoms with E-state index in [9.17, 15) is 0 Å². The number of aldehydes is 1. The molecule has 1 fully saturated rings. The van der Waals surface area contributed by atoms with Crippen molar-refractivity contribution in [3.05, 3.63) is 35.9 Å². The molecular formula is C21H39NO2. The Labute approximate surface area is 150 Å². The van der Waals surface area contributed by atoms with Crippen LogP contribution in [0.15, 0.2) is 30.3 Å². The largest absolute Gasteiger partial charge is 0.396 e. The maximum absolute atomic E-state index is 8.81. The van der Waals surface area contributed by atoms with Crippen molar-refractivity contribution in [3.8, 4) is 0 Å². The maximum atomic E-state index is 8.81. The number of rotatable bonds is 3. The van der Waals surface area contributed by atoms with Gasteiger partial charge in [0.15, 0.2) is 0 Å². The molecule has 1 aliphatic heterocycles. The molecule has 3 nitrogen and oxygen atoms in total. The Bertz CT molecular complexity index is 344. The number of nitrogens with zero attached hydrogens (tertiary/aromatic N) is 1. The molecule has 0 unspecified atom stereocenters. The fraction of sp³-hybridized carbons (Fsp3) is 0.667. The molecule has 1 aromatic rings. The molecule has 0 radical (unpaired) electrons. The zero-order valence-corrected chi connectivity index (χ0v) is 16.5. The normalized spacial score (nSPS) is 14.1. The average Bonchev–Trinajstić information content (AvgIpc) is 2.64. The standard InChI is InChI=1S/C8H10.C7H15NO.C4H10.C2H4O/c1-2-8-6-4-3-5-7-8;1-8-4-2-7(6-9)3-5-8;1-3-4-2;1-2-3/h3-7H,2H2,1H3;7,9H,2-6H2,1H3;3-4H2,1-2H3;2H,1H3. The van der Waals surface area contributed by atoms with Crippen molar-refractivity contribution in [1.29, 1.82) is 0 Å². The number of likely N-dealkylation sites (tertiary alicyclic amines) is 1. The molecule has 1 N–H and O–H groups in total. The predicted octanol–water partition coefficient (Wildman–Crippen LogP) is 4.58. The molecule has 3 heteroatoms. The van der Waals surface area contributed by atoms with Gasteiger partial charge in [0.05, 0.1) is 0 Å². The van der Waals surface area contributed by atoms with E-state index < -0.39 is 0 Å².